The Kier molecular flexibility index (Phi) is 4.46. The molecule has 3 heteroatoms. The topological polar surface area (TPSA) is 18.5 Å². The molecule has 1 aromatic rings. The Bertz CT molecular complexity index is 417. The van der Waals surface area contributed by atoms with E-state index in [2.05, 4.69) is 20.8 Å². The number of hydrogen-bond acceptors (Lipinski definition) is 2. The van der Waals surface area contributed by atoms with Crippen LogP contribution in [0.4, 0.5) is 4.39 Å². The molecular weight excluding hydrogens is 243 g/mol. The largest absolute Gasteiger partial charge is 0.490 e. The van der Waals surface area contributed by atoms with Gasteiger partial charge in [-0.1, -0.05) is 26.8 Å². The molecule has 0 bridgehead atoms. The van der Waals surface area contributed by atoms with Crippen LogP contribution in [0.25, 0.3) is 0 Å². The Morgan fingerprint density at radius 3 is 2.58 bits per heavy atom. The molecule has 1 aliphatic rings. The van der Waals surface area contributed by atoms with E-state index >= 15 is 0 Å². The van der Waals surface area contributed by atoms with Crippen molar-refractivity contribution in [2.75, 3.05) is 13.2 Å². The van der Waals surface area contributed by atoms with E-state index < -0.39 is 0 Å². The zero-order valence-corrected chi connectivity index (χ0v) is 12.0. The first-order valence-corrected chi connectivity index (χ1v) is 6.97. The molecule has 1 aromatic carbocycles. The second-order valence-corrected chi connectivity index (χ2v) is 6.42. The van der Waals surface area contributed by atoms with Crippen LogP contribution in [0.1, 0.15) is 39.2 Å². The third-order valence-corrected chi connectivity index (χ3v) is 3.21. The molecule has 1 fully saturated rings. The first kappa shape index (κ1) is 14.3. The predicted molar refractivity (Wildman–Crippen MR) is 74.0 cm³/mol. The second-order valence-electron chi connectivity index (χ2n) is 6.42. The van der Waals surface area contributed by atoms with Gasteiger partial charge in [-0.25, -0.2) is 4.39 Å². The monoisotopic (exact) mass is 266 g/mol. The van der Waals surface area contributed by atoms with Gasteiger partial charge in [0.2, 0.25) is 0 Å². The average molecular weight is 266 g/mol. The van der Waals surface area contributed by atoms with Gasteiger partial charge in [-0.2, -0.15) is 0 Å². The van der Waals surface area contributed by atoms with Crippen LogP contribution in [-0.2, 0) is 11.2 Å². The van der Waals surface area contributed by atoms with Crippen molar-refractivity contribution in [1.82, 2.24) is 0 Å². The van der Waals surface area contributed by atoms with Gasteiger partial charge >= 0.3 is 0 Å². The quantitative estimate of drug-likeness (QED) is 0.824. The summed E-state index contributed by atoms with van der Waals surface area (Å²) in [5.41, 5.74) is 1.24. The SMILES string of the molecule is CC(C)(C)Cc1ccc(F)cc1OC1CCOCC1. The number of halogens is 1. The van der Waals surface area contributed by atoms with Gasteiger partial charge in [0, 0.05) is 18.9 Å². The first-order valence-electron chi connectivity index (χ1n) is 6.97. The van der Waals surface area contributed by atoms with Crippen molar-refractivity contribution in [1.29, 1.82) is 0 Å². The van der Waals surface area contributed by atoms with Gasteiger partial charge in [-0.15, -0.1) is 0 Å². The first-order chi connectivity index (χ1) is 8.94. The molecule has 19 heavy (non-hydrogen) atoms. The molecule has 0 radical (unpaired) electrons. The van der Waals surface area contributed by atoms with Gasteiger partial charge in [-0.05, 0) is 23.5 Å². The summed E-state index contributed by atoms with van der Waals surface area (Å²) in [6, 6.07) is 4.86. The molecule has 1 heterocycles. The Labute approximate surface area is 114 Å². The van der Waals surface area contributed by atoms with Crippen LogP contribution in [0.5, 0.6) is 5.75 Å². The Morgan fingerprint density at radius 1 is 1.26 bits per heavy atom. The third kappa shape index (κ3) is 4.50. The summed E-state index contributed by atoms with van der Waals surface area (Å²) in [6.07, 6.45) is 2.79. The van der Waals surface area contributed by atoms with Crippen molar-refractivity contribution in [3.05, 3.63) is 29.6 Å². The van der Waals surface area contributed by atoms with Crippen LogP contribution in [0.15, 0.2) is 18.2 Å². The van der Waals surface area contributed by atoms with E-state index in [-0.39, 0.29) is 17.3 Å². The lowest BCUT2D eigenvalue weighted by Gasteiger charge is -2.26. The van der Waals surface area contributed by atoms with Gasteiger partial charge in [0.15, 0.2) is 0 Å². The van der Waals surface area contributed by atoms with Crippen molar-refractivity contribution < 1.29 is 13.9 Å². The maximum atomic E-state index is 13.4. The van der Waals surface area contributed by atoms with Crippen LogP contribution in [0, 0.1) is 11.2 Å². The van der Waals surface area contributed by atoms with E-state index in [4.69, 9.17) is 9.47 Å². The van der Waals surface area contributed by atoms with Crippen LogP contribution in [-0.4, -0.2) is 19.3 Å². The summed E-state index contributed by atoms with van der Waals surface area (Å²) < 4.78 is 24.7. The lowest BCUT2D eigenvalue weighted by molar-refractivity contribution is 0.0249. The highest BCUT2D eigenvalue weighted by atomic mass is 19.1. The standard InChI is InChI=1S/C16H23FO2/c1-16(2,3)11-12-4-5-13(17)10-15(12)19-14-6-8-18-9-7-14/h4-5,10,14H,6-9,11H2,1-3H3. The maximum Gasteiger partial charge on any atom is 0.126 e. The minimum atomic E-state index is -0.236. The van der Waals surface area contributed by atoms with Gasteiger partial charge in [0.25, 0.3) is 0 Å². The fourth-order valence-corrected chi connectivity index (χ4v) is 2.33. The molecule has 0 spiro atoms. The van der Waals surface area contributed by atoms with Crippen LogP contribution in [0.3, 0.4) is 0 Å². The highest BCUT2D eigenvalue weighted by Crippen LogP contribution is 2.29. The summed E-state index contributed by atoms with van der Waals surface area (Å²) >= 11 is 0. The molecule has 0 N–H and O–H groups in total. The van der Waals surface area contributed by atoms with Crippen molar-refractivity contribution in [2.24, 2.45) is 5.41 Å². The molecular formula is C16H23FO2. The van der Waals surface area contributed by atoms with Crippen LogP contribution >= 0.6 is 0 Å². The van der Waals surface area contributed by atoms with Gasteiger partial charge < -0.3 is 9.47 Å². The predicted octanol–water partition coefficient (Wildman–Crippen LogP) is 3.97. The summed E-state index contributed by atoms with van der Waals surface area (Å²) in [4.78, 5) is 0. The minimum absolute atomic E-state index is 0.147. The molecule has 0 aliphatic carbocycles. The van der Waals surface area contributed by atoms with E-state index in [1.54, 1.807) is 0 Å². The maximum absolute atomic E-state index is 13.4. The Morgan fingerprint density at radius 2 is 1.95 bits per heavy atom. The molecule has 2 nitrogen and oxygen atoms in total. The van der Waals surface area contributed by atoms with E-state index in [1.165, 1.54) is 12.1 Å². The summed E-state index contributed by atoms with van der Waals surface area (Å²) in [5, 5.41) is 0. The summed E-state index contributed by atoms with van der Waals surface area (Å²) in [7, 11) is 0. The molecule has 0 amide bonds. The molecule has 106 valence electrons. The average Bonchev–Trinajstić information content (AvgIpc) is 2.32. The number of benzene rings is 1. The Hall–Kier alpha value is -1.09. The van der Waals surface area contributed by atoms with Gasteiger partial charge in [0.05, 0.1) is 13.2 Å². The third-order valence-electron chi connectivity index (χ3n) is 3.21. The van der Waals surface area contributed by atoms with Crippen molar-refractivity contribution in [2.45, 2.75) is 46.1 Å². The van der Waals surface area contributed by atoms with Crippen LogP contribution < -0.4 is 4.74 Å². The smallest absolute Gasteiger partial charge is 0.126 e. The highest BCUT2D eigenvalue weighted by molar-refractivity contribution is 5.35. The Balaban J connectivity index is 2.14. The van der Waals surface area contributed by atoms with E-state index in [9.17, 15) is 4.39 Å². The minimum Gasteiger partial charge on any atom is -0.490 e. The van der Waals surface area contributed by atoms with Crippen molar-refractivity contribution in [3.63, 3.8) is 0 Å². The fourth-order valence-electron chi connectivity index (χ4n) is 2.33. The van der Waals surface area contributed by atoms with Crippen LogP contribution in [0.2, 0.25) is 0 Å². The highest BCUT2D eigenvalue weighted by Gasteiger charge is 2.20. The van der Waals surface area contributed by atoms with E-state index in [0.717, 1.165) is 38.0 Å². The molecule has 0 unspecified atom stereocenters. The number of rotatable bonds is 3. The van der Waals surface area contributed by atoms with Crippen molar-refractivity contribution in [3.8, 4) is 5.75 Å². The lowest BCUT2D eigenvalue weighted by Crippen LogP contribution is -2.26. The normalized spacial score (nSPS) is 17.5. The lowest BCUT2D eigenvalue weighted by atomic mass is 9.88. The fraction of sp³-hybridized carbons (Fsp3) is 0.625. The van der Waals surface area contributed by atoms with E-state index in [1.807, 2.05) is 6.07 Å². The number of ether oxygens (including phenoxy) is 2. The summed E-state index contributed by atoms with van der Waals surface area (Å²) in [5.74, 6) is 0.460. The summed E-state index contributed by atoms with van der Waals surface area (Å²) in [6.45, 7) is 7.99. The van der Waals surface area contributed by atoms with Gasteiger partial charge in [-0.3, -0.25) is 0 Å². The zero-order chi connectivity index (χ0) is 13.9. The zero-order valence-electron chi connectivity index (χ0n) is 12.0. The number of hydrogen-bond donors (Lipinski definition) is 0. The second kappa shape index (κ2) is 5.91. The molecule has 1 saturated heterocycles. The molecule has 2 rings (SSSR count). The van der Waals surface area contributed by atoms with Gasteiger partial charge in [0.1, 0.15) is 17.7 Å². The molecule has 1 aliphatic heterocycles. The van der Waals surface area contributed by atoms with E-state index in [0.29, 0.717) is 5.75 Å². The van der Waals surface area contributed by atoms with Crippen molar-refractivity contribution >= 4 is 0 Å². The molecule has 0 atom stereocenters. The molecule has 0 saturated carbocycles. The molecule has 0 aromatic heterocycles.